The average Bonchev–Trinajstić information content (AvgIpc) is 3.69. The molecule has 1 fully saturated rings. The molecular weight excluding hydrogens is 600 g/mol. The maximum Gasteiger partial charge on any atom is 0.244 e. The monoisotopic (exact) mass is 636 g/mol. The van der Waals surface area contributed by atoms with Crippen molar-refractivity contribution in [3.8, 4) is 22.8 Å². The molecule has 47 heavy (non-hydrogen) atoms. The van der Waals surface area contributed by atoms with Crippen LogP contribution in [0.15, 0.2) is 85.6 Å². The van der Waals surface area contributed by atoms with E-state index in [9.17, 15) is 24.0 Å². The minimum atomic E-state index is -1.18. The van der Waals surface area contributed by atoms with Gasteiger partial charge in [-0.1, -0.05) is 55.8 Å². The highest BCUT2D eigenvalue weighted by Crippen LogP contribution is 2.33. The van der Waals surface area contributed by atoms with E-state index in [0.29, 0.717) is 29.9 Å². The van der Waals surface area contributed by atoms with Crippen LogP contribution in [0, 0.1) is 11.8 Å². The van der Waals surface area contributed by atoms with E-state index in [4.69, 9.17) is 9.47 Å². The molecule has 11 heteroatoms. The zero-order valence-corrected chi connectivity index (χ0v) is 25.9. The van der Waals surface area contributed by atoms with Crippen LogP contribution in [-0.2, 0) is 24.0 Å². The summed E-state index contributed by atoms with van der Waals surface area (Å²) >= 11 is 0. The summed E-state index contributed by atoms with van der Waals surface area (Å²) < 4.78 is 10.8. The Labute approximate surface area is 272 Å². The molecule has 0 spiro atoms. The molecule has 3 aromatic rings. The lowest BCUT2D eigenvalue weighted by Crippen LogP contribution is -2.50. The number of fused-ring (bicyclic) bond motifs is 1. The van der Waals surface area contributed by atoms with E-state index in [0.717, 1.165) is 16.8 Å². The normalized spacial score (nSPS) is 17.1. The lowest BCUT2D eigenvalue weighted by atomic mass is 9.84. The molecule has 5 rings (SSSR count). The van der Waals surface area contributed by atoms with Crippen LogP contribution in [0.5, 0.6) is 11.5 Å². The van der Waals surface area contributed by atoms with Crippen LogP contribution >= 0.6 is 0 Å². The van der Waals surface area contributed by atoms with E-state index >= 15 is 0 Å². The Morgan fingerprint density at radius 3 is 2.51 bits per heavy atom. The Hall–Kier alpha value is -5.58. The Balaban J connectivity index is 1.36. The number of amides is 4. The molecular formula is C36H36N4O7. The lowest BCUT2D eigenvalue weighted by Gasteiger charge is -2.28. The van der Waals surface area contributed by atoms with Gasteiger partial charge in [0.15, 0.2) is 17.3 Å². The van der Waals surface area contributed by atoms with Crippen LogP contribution in [-0.4, -0.2) is 47.2 Å². The molecule has 242 valence electrons. The Morgan fingerprint density at radius 1 is 1.04 bits per heavy atom. The fraction of sp³-hybridized carbons (Fsp3) is 0.278. The first-order chi connectivity index (χ1) is 22.7. The van der Waals surface area contributed by atoms with Crippen molar-refractivity contribution < 1.29 is 33.4 Å². The number of nitrogens with zero attached hydrogens (tertiary/aromatic N) is 1. The summed E-state index contributed by atoms with van der Waals surface area (Å²) in [6.45, 7) is 5.78. The van der Waals surface area contributed by atoms with Gasteiger partial charge in [0, 0.05) is 24.3 Å². The Morgan fingerprint density at radius 2 is 1.83 bits per heavy atom. The van der Waals surface area contributed by atoms with Gasteiger partial charge >= 0.3 is 0 Å². The summed E-state index contributed by atoms with van der Waals surface area (Å²) in [7, 11) is 0. The number of carbonyl (C=O) groups excluding carboxylic acids is 5. The number of carbonyl (C=O) groups is 5. The molecule has 2 aliphatic heterocycles. The molecule has 2 aliphatic rings. The van der Waals surface area contributed by atoms with Crippen LogP contribution in [0.1, 0.15) is 49.8 Å². The number of benzene rings is 2. The minimum Gasteiger partial charge on any atom is -0.454 e. The first-order valence-corrected chi connectivity index (χ1v) is 15.4. The summed E-state index contributed by atoms with van der Waals surface area (Å²) in [4.78, 5) is 68.9. The first kappa shape index (κ1) is 32.8. The van der Waals surface area contributed by atoms with E-state index in [2.05, 4.69) is 27.5 Å². The highest BCUT2D eigenvalue weighted by molar-refractivity contribution is 6.15. The molecule has 0 radical (unpaired) electrons. The first-order valence-electron chi connectivity index (χ1n) is 15.4. The number of Topliss-reactive ketones (excluding diaryl/α,β-unsaturated/α-hetero) is 1. The van der Waals surface area contributed by atoms with Gasteiger partial charge in [-0.05, 0) is 53.8 Å². The molecule has 1 saturated heterocycles. The van der Waals surface area contributed by atoms with Gasteiger partial charge in [0.25, 0.3) is 0 Å². The topological polar surface area (TPSA) is 153 Å². The van der Waals surface area contributed by atoms with Crippen molar-refractivity contribution in [3.63, 3.8) is 0 Å². The highest BCUT2D eigenvalue weighted by atomic mass is 16.7. The number of rotatable bonds is 14. The molecule has 2 aromatic carbocycles. The van der Waals surface area contributed by atoms with Crippen LogP contribution in [0.2, 0.25) is 0 Å². The van der Waals surface area contributed by atoms with E-state index in [1.807, 2.05) is 49.4 Å². The number of aromatic nitrogens is 1. The van der Waals surface area contributed by atoms with Crippen molar-refractivity contribution in [2.75, 3.05) is 6.79 Å². The fourth-order valence-electron chi connectivity index (χ4n) is 5.67. The fourth-order valence-corrected chi connectivity index (χ4v) is 5.67. The molecule has 1 aromatic heterocycles. The Kier molecular flexibility index (Phi) is 10.6. The third kappa shape index (κ3) is 8.18. The zero-order chi connectivity index (χ0) is 33.3. The molecule has 11 nitrogen and oxygen atoms in total. The number of hydrogen-bond donors (Lipinski definition) is 3. The standard InChI is InChI=1S/C36H36N4O7/c1-3-7-23(4-2)34(35(44)26-19-32(42)40-36(26)45)39-33(43)20-28(25-13-11-24(12-14-25)27-8-5-6-17-37-27)38-31(41)16-10-22-9-15-29-30(18-22)47-21-46-29/h3,5-6,8-18,23,26,28,34H,1,4,7,19-21H2,2H3,(H,38,41)(H,39,43)(H,40,42,45)/b16-10+/t23?,26-,28?,34?/m1/s1. The summed E-state index contributed by atoms with van der Waals surface area (Å²) in [5.74, 6) is -2.98. The van der Waals surface area contributed by atoms with Crippen molar-refractivity contribution in [1.82, 2.24) is 20.9 Å². The van der Waals surface area contributed by atoms with Crippen LogP contribution in [0.25, 0.3) is 17.3 Å². The van der Waals surface area contributed by atoms with Crippen molar-refractivity contribution in [1.29, 1.82) is 0 Å². The van der Waals surface area contributed by atoms with Crippen molar-refractivity contribution in [2.45, 2.75) is 44.7 Å². The maximum absolute atomic E-state index is 13.6. The average molecular weight is 637 g/mol. The number of pyridine rings is 1. The largest absolute Gasteiger partial charge is 0.454 e. The summed E-state index contributed by atoms with van der Waals surface area (Å²) in [6.07, 6.45) is 6.82. The molecule has 3 unspecified atom stereocenters. The van der Waals surface area contributed by atoms with Gasteiger partial charge in [-0.3, -0.25) is 34.3 Å². The second-order valence-corrected chi connectivity index (χ2v) is 11.4. The van der Waals surface area contributed by atoms with Gasteiger partial charge in [0.2, 0.25) is 30.4 Å². The van der Waals surface area contributed by atoms with Gasteiger partial charge in [-0.25, -0.2) is 0 Å². The highest BCUT2D eigenvalue weighted by Gasteiger charge is 2.42. The van der Waals surface area contributed by atoms with Crippen LogP contribution in [0.3, 0.4) is 0 Å². The molecule has 3 heterocycles. The van der Waals surface area contributed by atoms with E-state index in [1.165, 1.54) is 6.08 Å². The third-order valence-electron chi connectivity index (χ3n) is 8.20. The van der Waals surface area contributed by atoms with Crippen LogP contribution in [0.4, 0.5) is 0 Å². The summed E-state index contributed by atoms with van der Waals surface area (Å²) in [5, 5.41) is 7.91. The number of ketones is 1. The third-order valence-corrected chi connectivity index (χ3v) is 8.20. The second kappa shape index (κ2) is 15.1. The Bertz CT molecular complexity index is 1690. The summed E-state index contributed by atoms with van der Waals surface area (Å²) in [5.41, 5.74) is 3.01. The van der Waals surface area contributed by atoms with Gasteiger partial charge in [-0.2, -0.15) is 0 Å². The van der Waals surface area contributed by atoms with Gasteiger partial charge in [0.05, 0.1) is 24.2 Å². The molecule has 0 aliphatic carbocycles. The molecule has 0 saturated carbocycles. The van der Waals surface area contributed by atoms with Gasteiger partial charge in [-0.15, -0.1) is 6.58 Å². The second-order valence-electron chi connectivity index (χ2n) is 11.4. The zero-order valence-electron chi connectivity index (χ0n) is 25.9. The number of ether oxygens (including phenoxy) is 2. The molecule has 4 atom stereocenters. The van der Waals surface area contributed by atoms with E-state index < -0.39 is 47.4 Å². The van der Waals surface area contributed by atoms with E-state index in [1.54, 1.807) is 36.5 Å². The van der Waals surface area contributed by atoms with E-state index in [-0.39, 0.29) is 25.6 Å². The quantitative estimate of drug-likeness (QED) is 0.104. The molecule has 4 amide bonds. The summed E-state index contributed by atoms with van der Waals surface area (Å²) in [6, 6.07) is 16.4. The van der Waals surface area contributed by atoms with Gasteiger partial charge < -0.3 is 20.1 Å². The van der Waals surface area contributed by atoms with Crippen LogP contribution < -0.4 is 25.4 Å². The smallest absolute Gasteiger partial charge is 0.244 e. The number of allylic oxidation sites excluding steroid dienone is 1. The van der Waals surface area contributed by atoms with Crippen molar-refractivity contribution in [2.24, 2.45) is 11.8 Å². The van der Waals surface area contributed by atoms with Crippen molar-refractivity contribution in [3.05, 3.63) is 96.7 Å². The number of hydrogen-bond acceptors (Lipinski definition) is 8. The minimum absolute atomic E-state index is 0.136. The van der Waals surface area contributed by atoms with Gasteiger partial charge in [0.1, 0.15) is 5.92 Å². The predicted octanol–water partition coefficient (Wildman–Crippen LogP) is 4.06. The molecule has 0 bridgehead atoms. The number of imide groups is 1. The lowest BCUT2D eigenvalue weighted by molar-refractivity contribution is -0.136. The number of nitrogens with one attached hydrogen (secondary N) is 3. The maximum atomic E-state index is 13.6. The van der Waals surface area contributed by atoms with Crippen molar-refractivity contribution >= 4 is 35.5 Å². The predicted molar refractivity (Wildman–Crippen MR) is 174 cm³/mol. The molecule has 3 N–H and O–H groups in total. The SMILES string of the molecule is C=CCC(CC)C(NC(=O)CC(NC(=O)/C=C/c1ccc2c(c1)OCO2)c1ccc(-c2ccccn2)cc1)C(=O)[C@H]1CC(=O)NC1=O.